The van der Waals surface area contributed by atoms with Crippen molar-refractivity contribution in [1.82, 2.24) is 10.2 Å². The summed E-state index contributed by atoms with van der Waals surface area (Å²) in [6, 6.07) is 0. The highest BCUT2D eigenvalue weighted by atomic mass is 16.6. The molecule has 2 rings (SSSR count). The van der Waals surface area contributed by atoms with Gasteiger partial charge in [-0.15, -0.1) is 0 Å². The lowest BCUT2D eigenvalue weighted by Gasteiger charge is -2.34. The van der Waals surface area contributed by atoms with Crippen molar-refractivity contribution >= 4 is 11.9 Å². The van der Waals surface area contributed by atoms with Gasteiger partial charge in [0.2, 0.25) is 0 Å². The lowest BCUT2D eigenvalue weighted by molar-refractivity contribution is -0.149. The Hall–Kier alpha value is -1.36. The average molecular weight is 280 g/mol. The Morgan fingerprint density at radius 2 is 1.95 bits per heavy atom. The van der Waals surface area contributed by atoms with E-state index in [9.17, 15) is 9.59 Å². The molecule has 0 aromatic carbocycles. The van der Waals surface area contributed by atoms with E-state index < -0.39 is 5.60 Å². The Bertz CT molecular complexity index is 434. The van der Waals surface area contributed by atoms with E-state index in [1.54, 1.807) is 6.92 Å². The predicted molar refractivity (Wildman–Crippen MR) is 76.2 cm³/mol. The van der Waals surface area contributed by atoms with E-state index in [1.165, 1.54) is 0 Å². The fourth-order valence-corrected chi connectivity index (χ4v) is 3.08. The highest BCUT2D eigenvalue weighted by molar-refractivity contribution is 6.07. The molecule has 0 aromatic heterocycles. The smallest absolute Gasteiger partial charge is 0.335 e. The molecular weight excluding hydrogens is 256 g/mol. The third-order valence-corrected chi connectivity index (χ3v) is 4.16. The molecule has 1 spiro atoms. The molecular formula is C15H24N2O3. The van der Waals surface area contributed by atoms with Crippen LogP contribution in [0.1, 0.15) is 39.0 Å². The number of ether oxygens (including phenoxy) is 1. The number of rotatable bonds is 4. The summed E-state index contributed by atoms with van der Waals surface area (Å²) in [7, 11) is 3.92. The monoisotopic (exact) mass is 280 g/mol. The van der Waals surface area contributed by atoms with Crippen LogP contribution in [0.3, 0.4) is 0 Å². The van der Waals surface area contributed by atoms with E-state index in [0.717, 1.165) is 38.6 Å². The van der Waals surface area contributed by atoms with E-state index in [-0.39, 0.29) is 11.9 Å². The molecule has 112 valence electrons. The molecule has 0 atom stereocenters. The lowest BCUT2D eigenvalue weighted by Crippen LogP contribution is -2.42. The Labute approximate surface area is 120 Å². The van der Waals surface area contributed by atoms with Gasteiger partial charge in [0.15, 0.2) is 0 Å². The molecule has 1 fully saturated rings. The molecule has 1 amide bonds. The number of likely N-dealkylation sites (N-methyl/N-ethyl adjacent to an activating group) is 1. The highest BCUT2D eigenvalue weighted by Crippen LogP contribution is 2.43. The van der Waals surface area contributed by atoms with Gasteiger partial charge < -0.3 is 15.0 Å². The second kappa shape index (κ2) is 5.95. The third-order valence-electron chi connectivity index (χ3n) is 4.16. The first-order chi connectivity index (χ1) is 9.46. The first kappa shape index (κ1) is 15.0. The van der Waals surface area contributed by atoms with Gasteiger partial charge in [-0.2, -0.15) is 0 Å². The molecule has 5 heteroatoms. The molecule has 1 aliphatic heterocycles. The molecule has 1 heterocycles. The van der Waals surface area contributed by atoms with Crippen LogP contribution in [-0.4, -0.2) is 49.6 Å². The van der Waals surface area contributed by atoms with Crippen molar-refractivity contribution in [3.63, 3.8) is 0 Å². The minimum absolute atomic E-state index is 0.142. The summed E-state index contributed by atoms with van der Waals surface area (Å²) >= 11 is 0. The van der Waals surface area contributed by atoms with Gasteiger partial charge >= 0.3 is 5.97 Å². The van der Waals surface area contributed by atoms with Gasteiger partial charge in [0.05, 0.1) is 5.57 Å². The van der Waals surface area contributed by atoms with E-state index in [2.05, 4.69) is 5.32 Å². The van der Waals surface area contributed by atoms with Crippen LogP contribution in [-0.2, 0) is 14.3 Å². The molecule has 0 aromatic rings. The summed E-state index contributed by atoms with van der Waals surface area (Å²) in [5.41, 5.74) is 0.400. The Morgan fingerprint density at radius 1 is 1.30 bits per heavy atom. The number of nitrogens with zero attached hydrogens (tertiary/aromatic N) is 1. The van der Waals surface area contributed by atoms with Crippen molar-refractivity contribution in [2.45, 2.75) is 44.6 Å². The number of hydrogen-bond acceptors (Lipinski definition) is 4. The summed E-state index contributed by atoms with van der Waals surface area (Å²) in [4.78, 5) is 26.3. The first-order valence-electron chi connectivity index (χ1n) is 7.34. The largest absolute Gasteiger partial charge is 0.451 e. The van der Waals surface area contributed by atoms with Gasteiger partial charge in [0, 0.05) is 18.7 Å². The molecule has 0 bridgehead atoms. The van der Waals surface area contributed by atoms with E-state index >= 15 is 0 Å². The van der Waals surface area contributed by atoms with Crippen LogP contribution in [0, 0.1) is 0 Å². The molecule has 2 aliphatic rings. The number of nitrogens with one attached hydrogen (secondary N) is 1. The van der Waals surface area contributed by atoms with Gasteiger partial charge in [0.25, 0.3) is 5.91 Å². The van der Waals surface area contributed by atoms with Crippen LogP contribution >= 0.6 is 0 Å². The van der Waals surface area contributed by atoms with Gasteiger partial charge in [-0.1, -0.05) is 6.42 Å². The van der Waals surface area contributed by atoms with Gasteiger partial charge in [-0.05, 0) is 46.7 Å². The summed E-state index contributed by atoms with van der Waals surface area (Å²) in [5, 5.41) is 2.91. The number of carbonyl (C=O) groups is 2. The zero-order valence-corrected chi connectivity index (χ0v) is 12.6. The zero-order valence-electron chi connectivity index (χ0n) is 12.6. The minimum Gasteiger partial charge on any atom is -0.451 e. The van der Waals surface area contributed by atoms with Crippen molar-refractivity contribution in [3.05, 3.63) is 11.1 Å². The topological polar surface area (TPSA) is 58.6 Å². The fourth-order valence-electron chi connectivity index (χ4n) is 3.08. The molecule has 0 saturated heterocycles. The molecule has 0 unspecified atom stereocenters. The van der Waals surface area contributed by atoms with Crippen LogP contribution in [0.15, 0.2) is 11.1 Å². The van der Waals surface area contributed by atoms with Gasteiger partial charge in [0.1, 0.15) is 5.60 Å². The van der Waals surface area contributed by atoms with Crippen LogP contribution in [0.25, 0.3) is 0 Å². The number of hydrogen-bond donors (Lipinski definition) is 1. The normalized spacial score (nSPS) is 21.5. The van der Waals surface area contributed by atoms with Crippen molar-refractivity contribution in [2.24, 2.45) is 0 Å². The van der Waals surface area contributed by atoms with Crippen molar-refractivity contribution in [2.75, 3.05) is 27.2 Å². The third kappa shape index (κ3) is 2.87. The van der Waals surface area contributed by atoms with Crippen molar-refractivity contribution < 1.29 is 14.3 Å². The summed E-state index contributed by atoms with van der Waals surface area (Å²) in [5.74, 6) is -0.471. The molecule has 5 nitrogen and oxygen atoms in total. The molecule has 1 saturated carbocycles. The molecule has 1 N–H and O–H groups in total. The van der Waals surface area contributed by atoms with E-state index in [4.69, 9.17) is 4.74 Å². The quantitative estimate of drug-likeness (QED) is 0.787. The summed E-state index contributed by atoms with van der Waals surface area (Å²) < 4.78 is 5.58. The Balaban J connectivity index is 2.12. The number of carbonyl (C=O) groups excluding carboxylic acids is 2. The predicted octanol–water partition coefficient (Wildman–Crippen LogP) is 1.24. The van der Waals surface area contributed by atoms with Crippen LogP contribution in [0.4, 0.5) is 0 Å². The number of esters is 1. The standard InChI is InChI=1S/C15H24N2O3/c1-11-12(13(18)16-9-10-17(2)3)15(20-14(11)19)7-5-4-6-8-15/h4-10H2,1-3H3,(H,16,18). The first-order valence-corrected chi connectivity index (χ1v) is 7.34. The molecule has 1 aliphatic carbocycles. The second-order valence-electron chi connectivity index (χ2n) is 6.00. The molecule has 20 heavy (non-hydrogen) atoms. The number of amides is 1. The van der Waals surface area contributed by atoms with Gasteiger partial charge in [-0.3, -0.25) is 4.79 Å². The summed E-state index contributed by atoms with van der Waals surface area (Å²) in [6.07, 6.45) is 4.71. The summed E-state index contributed by atoms with van der Waals surface area (Å²) in [6.45, 7) is 3.05. The average Bonchev–Trinajstić information content (AvgIpc) is 2.61. The van der Waals surface area contributed by atoms with Crippen LogP contribution in [0.2, 0.25) is 0 Å². The van der Waals surface area contributed by atoms with Crippen LogP contribution < -0.4 is 5.32 Å². The maximum Gasteiger partial charge on any atom is 0.335 e. The fraction of sp³-hybridized carbons (Fsp3) is 0.733. The SMILES string of the molecule is CC1=C(C(=O)NCCN(C)C)C2(CCCCC2)OC1=O. The highest BCUT2D eigenvalue weighted by Gasteiger charge is 2.49. The Morgan fingerprint density at radius 3 is 2.55 bits per heavy atom. The maximum absolute atomic E-state index is 12.4. The van der Waals surface area contributed by atoms with E-state index in [0.29, 0.717) is 17.7 Å². The van der Waals surface area contributed by atoms with Crippen molar-refractivity contribution in [3.8, 4) is 0 Å². The second-order valence-corrected chi connectivity index (χ2v) is 6.00. The minimum atomic E-state index is -0.651. The lowest BCUT2D eigenvalue weighted by atomic mass is 9.78. The van der Waals surface area contributed by atoms with Gasteiger partial charge in [-0.25, -0.2) is 4.79 Å². The maximum atomic E-state index is 12.4. The van der Waals surface area contributed by atoms with Crippen LogP contribution in [0.5, 0.6) is 0 Å². The van der Waals surface area contributed by atoms with E-state index in [1.807, 2.05) is 19.0 Å². The zero-order chi connectivity index (χ0) is 14.8. The van der Waals surface area contributed by atoms with Crippen molar-refractivity contribution in [1.29, 1.82) is 0 Å². The molecule has 0 radical (unpaired) electrons. The Kier molecular flexibility index (Phi) is 4.48.